The van der Waals surface area contributed by atoms with E-state index in [1.54, 1.807) is 0 Å². The topological polar surface area (TPSA) is 67.4 Å². The molecule has 0 saturated heterocycles. The van der Waals surface area contributed by atoms with E-state index in [0.717, 1.165) is 0 Å². The van der Waals surface area contributed by atoms with E-state index >= 15 is 0 Å². The molecule has 0 unspecified atom stereocenters. The number of hydrogen-bond acceptors (Lipinski definition) is 3. The summed E-state index contributed by atoms with van der Waals surface area (Å²) < 4.78 is 32.1. The van der Waals surface area contributed by atoms with E-state index in [-0.39, 0.29) is 30.3 Å². The highest BCUT2D eigenvalue weighted by Gasteiger charge is 2.46. The summed E-state index contributed by atoms with van der Waals surface area (Å²) in [4.78, 5) is 23.4. The van der Waals surface area contributed by atoms with Crippen LogP contribution in [-0.4, -0.2) is 38.6 Å². The first-order valence-electron chi connectivity index (χ1n) is 7.51. The number of nitrogens with one attached hydrogen (secondary N) is 2. The van der Waals surface area contributed by atoms with Gasteiger partial charge in [0.25, 0.3) is 0 Å². The van der Waals surface area contributed by atoms with Crippen LogP contribution in [0.3, 0.4) is 0 Å². The SMILES string of the molecule is COCCNC(=O)CCNC(=O)[C@H]1C[C@H]1c1c(F)cccc1F. The van der Waals surface area contributed by atoms with Crippen molar-refractivity contribution in [3.05, 3.63) is 35.4 Å². The maximum absolute atomic E-state index is 13.6. The molecule has 1 aromatic carbocycles. The molecule has 2 N–H and O–H groups in total. The molecule has 2 amide bonds. The van der Waals surface area contributed by atoms with Gasteiger partial charge in [-0.3, -0.25) is 9.59 Å². The van der Waals surface area contributed by atoms with Crippen molar-refractivity contribution in [2.45, 2.75) is 18.8 Å². The normalized spacial score (nSPS) is 19.3. The molecule has 2 atom stereocenters. The molecule has 5 nitrogen and oxygen atoms in total. The van der Waals surface area contributed by atoms with Gasteiger partial charge in [0.15, 0.2) is 0 Å². The lowest BCUT2D eigenvalue weighted by molar-refractivity contribution is -0.123. The lowest BCUT2D eigenvalue weighted by Crippen LogP contribution is -2.33. The lowest BCUT2D eigenvalue weighted by Gasteiger charge is -2.07. The summed E-state index contributed by atoms with van der Waals surface area (Å²) in [6.07, 6.45) is 0.574. The fraction of sp³-hybridized carbons (Fsp3) is 0.500. The van der Waals surface area contributed by atoms with E-state index in [2.05, 4.69) is 10.6 Å². The summed E-state index contributed by atoms with van der Waals surface area (Å²) in [5.74, 6) is -2.56. The van der Waals surface area contributed by atoms with E-state index in [1.807, 2.05) is 0 Å². The first kappa shape index (κ1) is 17.3. The number of rotatable bonds is 8. The number of methoxy groups -OCH3 is 1. The van der Waals surface area contributed by atoms with E-state index < -0.39 is 23.5 Å². The Morgan fingerprint density at radius 1 is 1.22 bits per heavy atom. The highest BCUT2D eigenvalue weighted by Crippen LogP contribution is 2.49. The Labute approximate surface area is 133 Å². The van der Waals surface area contributed by atoms with Gasteiger partial charge in [-0.25, -0.2) is 8.78 Å². The van der Waals surface area contributed by atoms with Crippen LogP contribution in [0.25, 0.3) is 0 Å². The number of benzene rings is 1. The van der Waals surface area contributed by atoms with Crippen molar-refractivity contribution in [1.82, 2.24) is 10.6 Å². The molecule has 0 heterocycles. The third-order valence-corrected chi connectivity index (χ3v) is 3.78. The Balaban J connectivity index is 1.73. The maximum Gasteiger partial charge on any atom is 0.223 e. The summed E-state index contributed by atoms with van der Waals surface area (Å²) in [7, 11) is 1.54. The standard InChI is InChI=1S/C16H20F2N2O3/c1-23-8-7-19-14(21)5-6-20-16(22)11-9-10(11)15-12(17)3-2-4-13(15)18/h2-4,10-11H,5-9H2,1H3,(H,19,21)(H,20,22)/t10-,11+/m1/s1. The number of halogens is 2. The van der Waals surface area contributed by atoms with Crippen molar-refractivity contribution >= 4 is 11.8 Å². The molecule has 0 aromatic heterocycles. The molecule has 2 rings (SSSR count). The van der Waals surface area contributed by atoms with Crippen LogP contribution in [0.4, 0.5) is 8.78 Å². The predicted octanol–water partition coefficient (Wildman–Crippen LogP) is 1.34. The van der Waals surface area contributed by atoms with Crippen LogP contribution in [0.5, 0.6) is 0 Å². The van der Waals surface area contributed by atoms with Crippen molar-refractivity contribution in [2.24, 2.45) is 5.92 Å². The van der Waals surface area contributed by atoms with Crippen LogP contribution < -0.4 is 10.6 Å². The molecule has 1 aliphatic carbocycles. The molecular formula is C16H20F2N2O3. The number of amides is 2. The Morgan fingerprint density at radius 3 is 2.57 bits per heavy atom. The molecule has 0 aliphatic heterocycles. The van der Waals surface area contributed by atoms with Gasteiger partial charge in [0.05, 0.1) is 6.61 Å². The quantitative estimate of drug-likeness (QED) is 0.709. The molecular weight excluding hydrogens is 306 g/mol. The highest BCUT2D eigenvalue weighted by molar-refractivity contribution is 5.83. The Bertz CT molecular complexity index is 560. The van der Waals surface area contributed by atoms with Gasteiger partial charge in [0, 0.05) is 44.0 Å². The van der Waals surface area contributed by atoms with Crippen LogP contribution in [0.1, 0.15) is 24.3 Å². The summed E-state index contributed by atoms with van der Waals surface area (Å²) in [6, 6.07) is 3.68. The first-order chi connectivity index (χ1) is 11.0. The second-order valence-corrected chi connectivity index (χ2v) is 5.47. The predicted molar refractivity (Wildman–Crippen MR) is 79.7 cm³/mol. The van der Waals surface area contributed by atoms with Gasteiger partial charge in [-0.2, -0.15) is 0 Å². The van der Waals surface area contributed by atoms with E-state index in [1.165, 1.54) is 25.3 Å². The summed E-state index contributed by atoms with van der Waals surface area (Å²) in [5.41, 5.74) is -0.0232. The number of ether oxygens (including phenoxy) is 1. The minimum Gasteiger partial charge on any atom is -0.383 e. The van der Waals surface area contributed by atoms with Crippen molar-refractivity contribution in [3.8, 4) is 0 Å². The van der Waals surface area contributed by atoms with Crippen LogP contribution in [0.2, 0.25) is 0 Å². The summed E-state index contributed by atoms with van der Waals surface area (Å²) in [5, 5.41) is 5.27. The molecule has 0 spiro atoms. The molecule has 126 valence electrons. The van der Waals surface area contributed by atoms with E-state index in [4.69, 9.17) is 4.74 Å². The highest BCUT2D eigenvalue weighted by atomic mass is 19.1. The molecule has 0 bridgehead atoms. The van der Waals surface area contributed by atoms with Gasteiger partial charge in [-0.1, -0.05) is 6.07 Å². The zero-order valence-corrected chi connectivity index (χ0v) is 12.9. The summed E-state index contributed by atoms with van der Waals surface area (Å²) >= 11 is 0. The van der Waals surface area contributed by atoms with Crippen molar-refractivity contribution in [1.29, 1.82) is 0 Å². The average molecular weight is 326 g/mol. The van der Waals surface area contributed by atoms with Crippen LogP contribution >= 0.6 is 0 Å². The Kier molecular flexibility index (Phi) is 6.04. The smallest absolute Gasteiger partial charge is 0.223 e. The zero-order valence-electron chi connectivity index (χ0n) is 12.9. The van der Waals surface area contributed by atoms with E-state index in [9.17, 15) is 18.4 Å². The second kappa shape index (κ2) is 8.01. The van der Waals surface area contributed by atoms with Gasteiger partial charge >= 0.3 is 0 Å². The van der Waals surface area contributed by atoms with Crippen molar-refractivity contribution in [2.75, 3.05) is 26.8 Å². The zero-order chi connectivity index (χ0) is 16.8. The van der Waals surface area contributed by atoms with Crippen molar-refractivity contribution in [3.63, 3.8) is 0 Å². The Morgan fingerprint density at radius 2 is 1.91 bits per heavy atom. The number of hydrogen-bond donors (Lipinski definition) is 2. The van der Waals surface area contributed by atoms with Gasteiger partial charge in [-0.05, 0) is 18.6 Å². The van der Waals surface area contributed by atoms with Crippen molar-refractivity contribution < 1.29 is 23.1 Å². The molecule has 7 heteroatoms. The second-order valence-electron chi connectivity index (χ2n) is 5.47. The van der Waals surface area contributed by atoms with E-state index in [0.29, 0.717) is 19.6 Å². The van der Waals surface area contributed by atoms with Gasteiger partial charge in [0.1, 0.15) is 11.6 Å². The average Bonchev–Trinajstić information content (AvgIpc) is 3.27. The van der Waals surface area contributed by atoms with Crippen LogP contribution in [-0.2, 0) is 14.3 Å². The monoisotopic (exact) mass is 326 g/mol. The van der Waals surface area contributed by atoms with Gasteiger partial charge in [-0.15, -0.1) is 0 Å². The summed E-state index contributed by atoms with van der Waals surface area (Å²) in [6.45, 7) is 1.04. The molecule has 0 radical (unpaired) electrons. The lowest BCUT2D eigenvalue weighted by atomic mass is 10.1. The van der Waals surface area contributed by atoms with Crippen LogP contribution in [0, 0.1) is 17.6 Å². The van der Waals surface area contributed by atoms with Gasteiger partial charge in [0.2, 0.25) is 11.8 Å². The number of carbonyl (C=O) groups excluding carboxylic acids is 2. The molecule has 1 fully saturated rings. The Hall–Kier alpha value is -2.02. The van der Waals surface area contributed by atoms with Gasteiger partial charge < -0.3 is 15.4 Å². The largest absolute Gasteiger partial charge is 0.383 e. The maximum atomic E-state index is 13.6. The minimum atomic E-state index is -0.622. The molecule has 1 saturated carbocycles. The molecule has 23 heavy (non-hydrogen) atoms. The third-order valence-electron chi connectivity index (χ3n) is 3.78. The third kappa shape index (κ3) is 4.72. The first-order valence-corrected chi connectivity index (χ1v) is 7.51. The fourth-order valence-electron chi connectivity index (χ4n) is 2.48. The van der Waals surface area contributed by atoms with Crippen LogP contribution in [0.15, 0.2) is 18.2 Å². The minimum absolute atomic E-state index is 0.0232. The molecule has 1 aromatic rings. The number of carbonyl (C=O) groups is 2. The molecule has 1 aliphatic rings. The fourth-order valence-corrected chi connectivity index (χ4v) is 2.48.